The number of ether oxygens (including phenoxy) is 1. The number of aromatic nitrogens is 1. The van der Waals surface area contributed by atoms with Crippen LogP contribution in [0.15, 0.2) is 53.4 Å². The maximum Gasteiger partial charge on any atom is 0.228 e. The van der Waals surface area contributed by atoms with E-state index in [4.69, 9.17) is 9.72 Å². The number of nitrogens with zero attached hydrogens (tertiary/aromatic N) is 3. The molecule has 1 amide bonds. The first-order chi connectivity index (χ1) is 16.2. The van der Waals surface area contributed by atoms with Gasteiger partial charge < -0.3 is 4.74 Å². The fourth-order valence-corrected chi connectivity index (χ4v) is 5.91. The summed E-state index contributed by atoms with van der Waals surface area (Å²) >= 11 is 3.45. The summed E-state index contributed by atoms with van der Waals surface area (Å²) in [5.74, 6) is 1.12. The van der Waals surface area contributed by atoms with Crippen molar-refractivity contribution in [3.8, 4) is 0 Å². The number of rotatable bonds is 11. The molecular formula is C26H34ClN3O2S2. The molecule has 8 heteroatoms. The molecule has 1 aliphatic heterocycles. The van der Waals surface area contributed by atoms with E-state index in [-0.39, 0.29) is 18.3 Å². The number of halogens is 1. The van der Waals surface area contributed by atoms with Gasteiger partial charge in [-0.15, -0.1) is 24.2 Å². The van der Waals surface area contributed by atoms with Crippen molar-refractivity contribution < 1.29 is 9.53 Å². The molecule has 0 unspecified atom stereocenters. The minimum atomic E-state index is 0. The molecule has 0 saturated carbocycles. The predicted molar refractivity (Wildman–Crippen MR) is 147 cm³/mol. The topological polar surface area (TPSA) is 45.7 Å². The number of aryl methyl sites for hydroxylation is 1. The van der Waals surface area contributed by atoms with Crippen LogP contribution >= 0.6 is 35.5 Å². The molecule has 0 aliphatic carbocycles. The zero-order valence-electron chi connectivity index (χ0n) is 19.8. The van der Waals surface area contributed by atoms with Gasteiger partial charge in [-0.25, -0.2) is 4.98 Å². The Morgan fingerprint density at radius 3 is 2.71 bits per heavy atom. The monoisotopic (exact) mass is 519 g/mol. The highest BCUT2D eigenvalue weighted by Crippen LogP contribution is 2.30. The van der Waals surface area contributed by atoms with Crippen LogP contribution in [-0.4, -0.2) is 60.9 Å². The summed E-state index contributed by atoms with van der Waals surface area (Å²) in [6.45, 7) is 7.43. The van der Waals surface area contributed by atoms with E-state index in [0.29, 0.717) is 13.0 Å². The van der Waals surface area contributed by atoms with E-state index in [1.54, 1.807) is 11.3 Å². The molecule has 4 rings (SSSR count). The Kier molecular flexibility index (Phi) is 11.1. The molecule has 34 heavy (non-hydrogen) atoms. The summed E-state index contributed by atoms with van der Waals surface area (Å²) in [5, 5.41) is 0.834. The predicted octanol–water partition coefficient (Wildman–Crippen LogP) is 5.91. The fraction of sp³-hybridized carbons (Fsp3) is 0.462. The van der Waals surface area contributed by atoms with Gasteiger partial charge in [-0.2, -0.15) is 0 Å². The van der Waals surface area contributed by atoms with Crippen molar-refractivity contribution in [1.82, 2.24) is 9.88 Å². The van der Waals surface area contributed by atoms with Crippen molar-refractivity contribution in [3.05, 3.63) is 54.1 Å². The summed E-state index contributed by atoms with van der Waals surface area (Å²) < 4.78 is 6.62. The summed E-state index contributed by atoms with van der Waals surface area (Å²) in [6.07, 6.45) is 3.36. The van der Waals surface area contributed by atoms with Crippen LogP contribution in [0, 0.1) is 0 Å². The van der Waals surface area contributed by atoms with Crippen molar-refractivity contribution in [2.24, 2.45) is 0 Å². The summed E-state index contributed by atoms with van der Waals surface area (Å²) in [4.78, 5) is 23.7. The van der Waals surface area contributed by atoms with Crippen molar-refractivity contribution in [2.75, 3.05) is 50.0 Å². The molecule has 1 aliphatic rings. The van der Waals surface area contributed by atoms with E-state index in [9.17, 15) is 4.79 Å². The molecule has 0 N–H and O–H groups in total. The molecule has 0 radical (unpaired) electrons. The second-order valence-corrected chi connectivity index (χ2v) is 10.4. The van der Waals surface area contributed by atoms with Crippen LogP contribution < -0.4 is 4.90 Å². The van der Waals surface area contributed by atoms with E-state index in [0.717, 1.165) is 73.2 Å². The van der Waals surface area contributed by atoms with E-state index in [1.165, 1.54) is 10.5 Å². The Labute approximate surface area is 217 Å². The first kappa shape index (κ1) is 27.0. The highest BCUT2D eigenvalue weighted by atomic mass is 35.5. The van der Waals surface area contributed by atoms with Crippen LogP contribution in [0.5, 0.6) is 0 Å². The number of hydrogen-bond acceptors (Lipinski definition) is 6. The normalized spacial score (nSPS) is 14.1. The number of hydrogen-bond donors (Lipinski definition) is 0. The molecule has 0 atom stereocenters. The van der Waals surface area contributed by atoms with E-state index >= 15 is 0 Å². The van der Waals surface area contributed by atoms with E-state index in [2.05, 4.69) is 54.3 Å². The minimum Gasteiger partial charge on any atom is -0.379 e. The first-order valence-corrected chi connectivity index (χ1v) is 13.7. The summed E-state index contributed by atoms with van der Waals surface area (Å²) in [5.41, 5.74) is 2.29. The molecular weight excluding hydrogens is 486 g/mol. The Hall–Kier alpha value is -1.64. The first-order valence-electron chi connectivity index (χ1n) is 11.9. The molecule has 184 valence electrons. The molecule has 0 bridgehead atoms. The quantitative estimate of drug-likeness (QED) is 0.233. The van der Waals surface area contributed by atoms with E-state index in [1.807, 2.05) is 22.7 Å². The van der Waals surface area contributed by atoms with Gasteiger partial charge in [0.05, 0.1) is 23.4 Å². The lowest BCUT2D eigenvalue weighted by Crippen LogP contribution is -2.39. The van der Waals surface area contributed by atoms with Gasteiger partial charge >= 0.3 is 0 Å². The van der Waals surface area contributed by atoms with Crippen molar-refractivity contribution in [3.63, 3.8) is 0 Å². The van der Waals surface area contributed by atoms with Crippen LogP contribution in [-0.2, 0) is 16.0 Å². The summed E-state index contributed by atoms with van der Waals surface area (Å²) in [6, 6.07) is 16.8. The van der Waals surface area contributed by atoms with Gasteiger partial charge in [0.2, 0.25) is 5.91 Å². The Morgan fingerprint density at radius 1 is 1.15 bits per heavy atom. The van der Waals surface area contributed by atoms with Crippen LogP contribution in [0.25, 0.3) is 10.2 Å². The van der Waals surface area contributed by atoms with Gasteiger partial charge in [-0.05, 0) is 54.8 Å². The number of morpholine rings is 1. The number of carbonyl (C=O) groups excluding carboxylic acids is 1. The van der Waals surface area contributed by atoms with Crippen LogP contribution in [0.4, 0.5) is 5.13 Å². The average Bonchev–Trinajstić information content (AvgIpc) is 3.28. The van der Waals surface area contributed by atoms with Crippen LogP contribution in [0.1, 0.15) is 31.7 Å². The Morgan fingerprint density at radius 2 is 1.94 bits per heavy atom. The maximum atomic E-state index is 13.3. The lowest BCUT2D eigenvalue weighted by atomic mass is 10.2. The highest BCUT2D eigenvalue weighted by Gasteiger charge is 2.20. The molecule has 2 aromatic carbocycles. The zero-order chi connectivity index (χ0) is 22.9. The number of fused-ring (bicyclic) bond motifs is 1. The number of anilines is 1. The third kappa shape index (κ3) is 7.68. The van der Waals surface area contributed by atoms with E-state index < -0.39 is 0 Å². The highest BCUT2D eigenvalue weighted by molar-refractivity contribution is 7.99. The SMILES string of the molecule is CCc1ccc2nc(N(CCCN3CCOCC3)C(=O)CCCSc3ccccc3)sc2c1.Cl. The Bertz CT molecular complexity index is 1030. The second-order valence-electron chi connectivity index (χ2n) is 8.27. The van der Waals surface area contributed by atoms with Gasteiger partial charge in [0.1, 0.15) is 0 Å². The van der Waals surface area contributed by atoms with Crippen LogP contribution in [0.2, 0.25) is 0 Å². The second kappa shape index (κ2) is 14.0. The van der Waals surface area contributed by atoms with Crippen molar-refractivity contribution in [2.45, 2.75) is 37.5 Å². The number of thioether (sulfide) groups is 1. The van der Waals surface area contributed by atoms with Gasteiger partial charge in [0.15, 0.2) is 5.13 Å². The molecule has 2 heterocycles. The summed E-state index contributed by atoms with van der Waals surface area (Å²) in [7, 11) is 0. The number of benzene rings is 2. The molecule has 1 saturated heterocycles. The lowest BCUT2D eigenvalue weighted by Gasteiger charge is -2.27. The molecule has 1 aromatic heterocycles. The van der Waals surface area contributed by atoms with Gasteiger partial charge in [0, 0.05) is 37.5 Å². The van der Waals surface area contributed by atoms with Gasteiger partial charge in [-0.3, -0.25) is 14.6 Å². The third-order valence-electron chi connectivity index (χ3n) is 5.89. The van der Waals surface area contributed by atoms with Gasteiger partial charge in [-0.1, -0.05) is 42.5 Å². The molecule has 1 fully saturated rings. The van der Waals surface area contributed by atoms with Gasteiger partial charge in [0.25, 0.3) is 0 Å². The smallest absolute Gasteiger partial charge is 0.228 e. The standard InChI is InChI=1S/C26H33N3O2S2.ClH/c1-2-21-11-12-23-24(20-21)33-26(27-23)29(14-7-13-28-15-17-31-18-16-28)25(30)10-6-19-32-22-8-4-3-5-9-22;/h3-5,8-9,11-12,20H,2,6-7,10,13-19H2,1H3;1H. The van der Waals surface area contributed by atoms with Crippen molar-refractivity contribution in [1.29, 1.82) is 0 Å². The van der Waals surface area contributed by atoms with Crippen molar-refractivity contribution >= 4 is 56.8 Å². The van der Waals surface area contributed by atoms with Crippen LogP contribution in [0.3, 0.4) is 0 Å². The molecule has 5 nitrogen and oxygen atoms in total. The zero-order valence-corrected chi connectivity index (χ0v) is 22.2. The fourth-order valence-electron chi connectivity index (χ4n) is 3.96. The average molecular weight is 520 g/mol. The minimum absolute atomic E-state index is 0. The largest absolute Gasteiger partial charge is 0.379 e. The number of carbonyl (C=O) groups is 1. The lowest BCUT2D eigenvalue weighted by molar-refractivity contribution is -0.118. The Balaban J connectivity index is 0.00000324. The maximum absolute atomic E-state index is 13.3. The molecule has 0 spiro atoms. The molecule has 3 aromatic rings. The number of thiazole rings is 1. The third-order valence-corrected chi connectivity index (χ3v) is 8.03. The number of amides is 1.